The second-order valence-corrected chi connectivity index (χ2v) is 10.2. The molecule has 1 N–H and O–H groups in total. The molecule has 0 saturated carbocycles. The fourth-order valence-corrected chi connectivity index (χ4v) is 4.87. The van der Waals surface area contributed by atoms with Crippen molar-refractivity contribution in [3.05, 3.63) is 94.9 Å². The van der Waals surface area contributed by atoms with E-state index in [1.54, 1.807) is 29.7 Å². The van der Waals surface area contributed by atoms with Gasteiger partial charge in [-0.05, 0) is 53.9 Å². The number of carbonyl (C=O) groups is 1. The van der Waals surface area contributed by atoms with Crippen molar-refractivity contribution in [2.75, 3.05) is 6.26 Å². The molecule has 0 aliphatic heterocycles. The molecule has 0 fully saturated rings. The van der Waals surface area contributed by atoms with Crippen LogP contribution in [-0.2, 0) is 16.4 Å². The molecule has 2 heterocycles. The Bertz CT molecular complexity index is 1360. The van der Waals surface area contributed by atoms with Crippen LogP contribution in [-0.4, -0.2) is 30.5 Å². The number of aromatic nitrogens is 2. The Morgan fingerprint density at radius 2 is 1.72 bits per heavy atom. The van der Waals surface area contributed by atoms with Crippen LogP contribution in [0, 0.1) is 6.92 Å². The van der Waals surface area contributed by atoms with Gasteiger partial charge in [0.15, 0.2) is 0 Å². The summed E-state index contributed by atoms with van der Waals surface area (Å²) in [6.45, 7) is 2.01. The topological polar surface area (TPSA) is 89.0 Å². The van der Waals surface area contributed by atoms with E-state index in [1.807, 2.05) is 54.1 Å². The zero-order chi connectivity index (χ0) is 22.7. The van der Waals surface area contributed by atoms with Crippen molar-refractivity contribution in [2.45, 2.75) is 13.3 Å². The maximum absolute atomic E-state index is 12.0. The molecule has 0 saturated heterocycles. The minimum absolute atomic E-state index is 0.285. The Labute approximate surface area is 191 Å². The van der Waals surface area contributed by atoms with Crippen LogP contribution in [0.1, 0.15) is 26.8 Å². The average molecular weight is 464 g/mol. The number of rotatable bonds is 6. The molecule has 2 aromatic carbocycles. The van der Waals surface area contributed by atoms with Crippen LogP contribution in [0.25, 0.3) is 21.6 Å². The predicted octanol–water partition coefficient (Wildman–Crippen LogP) is 4.46. The van der Waals surface area contributed by atoms with Gasteiger partial charge in [0, 0.05) is 23.9 Å². The minimum Gasteiger partial charge on any atom is -0.268 e. The third-order valence-electron chi connectivity index (χ3n) is 4.78. The number of sulfonamides is 1. The first kappa shape index (κ1) is 21.9. The molecule has 1 amide bonds. The van der Waals surface area contributed by atoms with Gasteiger partial charge in [-0.2, -0.15) is 0 Å². The summed E-state index contributed by atoms with van der Waals surface area (Å²) in [6.07, 6.45) is 3.44. The van der Waals surface area contributed by atoms with E-state index in [0.717, 1.165) is 44.2 Å². The molecular weight excluding hydrogens is 442 g/mol. The SMILES string of the molecule is Cc1nc(Cc2ccccn2)sc1-c1cccc(-c2ccc(C(=O)NS(C)(=O)=O)cc2)c1. The summed E-state index contributed by atoms with van der Waals surface area (Å²) in [5.41, 5.74) is 5.25. The zero-order valence-corrected chi connectivity index (χ0v) is 19.2. The van der Waals surface area contributed by atoms with Crippen molar-refractivity contribution in [1.82, 2.24) is 14.7 Å². The molecule has 0 bridgehead atoms. The number of nitrogens with one attached hydrogen (secondary N) is 1. The lowest BCUT2D eigenvalue weighted by Crippen LogP contribution is -2.29. The van der Waals surface area contributed by atoms with Gasteiger partial charge in [0.1, 0.15) is 0 Å². The standard InChI is InChI=1S/C24H21N3O3S2/c1-16-23(31-22(26-16)15-21-8-3-4-13-25-21)20-7-5-6-19(14-20)17-9-11-18(12-10-17)24(28)27-32(2,29)30/h3-14H,15H2,1-2H3,(H,27,28). The monoisotopic (exact) mass is 463 g/mol. The number of aryl methyl sites for hydroxylation is 1. The van der Waals surface area contributed by atoms with Crippen molar-refractivity contribution >= 4 is 27.3 Å². The molecule has 8 heteroatoms. The van der Waals surface area contributed by atoms with E-state index in [9.17, 15) is 13.2 Å². The van der Waals surface area contributed by atoms with Crippen LogP contribution >= 0.6 is 11.3 Å². The Balaban J connectivity index is 1.57. The zero-order valence-electron chi connectivity index (χ0n) is 17.6. The van der Waals surface area contributed by atoms with Gasteiger partial charge in [0.05, 0.1) is 21.8 Å². The van der Waals surface area contributed by atoms with E-state index in [0.29, 0.717) is 6.42 Å². The van der Waals surface area contributed by atoms with E-state index < -0.39 is 15.9 Å². The lowest BCUT2D eigenvalue weighted by molar-refractivity contribution is 0.0981. The van der Waals surface area contributed by atoms with Crippen molar-refractivity contribution in [3.8, 4) is 21.6 Å². The van der Waals surface area contributed by atoms with Gasteiger partial charge >= 0.3 is 0 Å². The molecule has 0 radical (unpaired) electrons. The Morgan fingerprint density at radius 3 is 2.41 bits per heavy atom. The number of hydrogen-bond donors (Lipinski definition) is 1. The third-order valence-corrected chi connectivity index (χ3v) is 6.55. The molecule has 4 rings (SSSR count). The van der Waals surface area contributed by atoms with E-state index in [1.165, 1.54) is 0 Å². The molecule has 32 heavy (non-hydrogen) atoms. The molecule has 0 atom stereocenters. The number of thiazole rings is 1. The van der Waals surface area contributed by atoms with Crippen LogP contribution < -0.4 is 4.72 Å². The van der Waals surface area contributed by atoms with Crippen LogP contribution in [0.2, 0.25) is 0 Å². The summed E-state index contributed by atoms with van der Waals surface area (Å²) in [7, 11) is -3.60. The molecule has 0 aliphatic rings. The predicted molar refractivity (Wildman–Crippen MR) is 127 cm³/mol. The summed E-state index contributed by atoms with van der Waals surface area (Å²) in [5.74, 6) is -0.645. The number of carbonyl (C=O) groups excluding carboxylic acids is 1. The van der Waals surface area contributed by atoms with Gasteiger partial charge < -0.3 is 0 Å². The normalized spacial score (nSPS) is 11.3. The van der Waals surface area contributed by atoms with Crippen LogP contribution in [0.4, 0.5) is 0 Å². The first-order valence-electron chi connectivity index (χ1n) is 9.88. The number of pyridine rings is 1. The van der Waals surface area contributed by atoms with Crippen molar-refractivity contribution in [2.24, 2.45) is 0 Å². The summed E-state index contributed by atoms with van der Waals surface area (Å²) >= 11 is 1.66. The van der Waals surface area contributed by atoms with Crippen LogP contribution in [0.15, 0.2) is 72.9 Å². The lowest BCUT2D eigenvalue weighted by Gasteiger charge is -2.07. The van der Waals surface area contributed by atoms with Crippen molar-refractivity contribution < 1.29 is 13.2 Å². The lowest BCUT2D eigenvalue weighted by atomic mass is 10.0. The van der Waals surface area contributed by atoms with Gasteiger partial charge in [-0.3, -0.25) is 9.78 Å². The molecule has 4 aromatic rings. The van der Waals surface area contributed by atoms with E-state index in [2.05, 4.69) is 17.1 Å². The highest BCUT2D eigenvalue weighted by Crippen LogP contribution is 2.33. The molecule has 6 nitrogen and oxygen atoms in total. The number of amides is 1. The highest BCUT2D eigenvalue weighted by molar-refractivity contribution is 7.89. The second-order valence-electron chi connectivity index (χ2n) is 7.38. The molecule has 2 aromatic heterocycles. The second kappa shape index (κ2) is 9.02. The van der Waals surface area contributed by atoms with Crippen LogP contribution in [0.3, 0.4) is 0 Å². The Kier molecular flexibility index (Phi) is 6.16. The summed E-state index contributed by atoms with van der Waals surface area (Å²) in [5, 5.41) is 1.02. The first-order chi connectivity index (χ1) is 15.3. The third kappa shape index (κ3) is 5.27. The molecule has 0 aliphatic carbocycles. The maximum Gasteiger partial charge on any atom is 0.264 e. The maximum atomic E-state index is 12.0. The number of nitrogens with zero attached hydrogens (tertiary/aromatic N) is 2. The van der Waals surface area contributed by atoms with Gasteiger partial charge in [0.25, 0.3) is 5.91 Å². The van der Waals surface area contributed by atoms with Gasteiger partial charge in [-0.25, -0.2) is 18.1 Å². The largest absolute Gasteiger partial charge is 0.268 e. The molecule has 0 spiro atoms. The van der Waals surface area contributed by atoms with Gasteiger partial charge in [0.2, 0.25) is 10.0 Å². The molecular formula is C24H21N3O3S2. The molecule has 162 valence electrons. The Hall–Kier alpha value is -3.36. The van der Waals surface area contributed by atoms with E-state index >= 15 is 0 Å². The van der Waals surface area contributed by atoms with Crippen LogP contribution in [0.5, 0.6) is 0 Å². The smallest absolute Gasteiger partial charge is 0.264 e. The first-order valence-corrected chi connectivity index (χ1v) is 12.6. The van der Waals surface area contributed by atoms with Gasteiger partial charge in [-0.1, -0.05) is 36.4 Å². The highest BCUT2D eigenvalue weighted by atomic mass is 32.2. The molecule has 0 unspecified atom stereocenters. The Morgan fingerprint density at radius 1 is 0.969 bits per heavy atom. The van der Waals surface area contributed by atoms with Crippen molar-refractivity contribution in [3.63, 3.8) is 0 Å². The minimum atomic E-state index is -3.60. The quantitative estimate of drug-likeness (QED) is 0.456. The fraction of sp³-hybridized carbons (Fsp3) is 0.125. The summed E-state index contributed by atoms with van der Waals surface area (Å²) in [4.78, 5) is 22.2. The van der Waals surface area contributed by atoms with Crippen molar-refractivity contribution in [1.29, 1.82) is 0 Å². The van der Waals surface area contributed by atoms with Gasteiger partial charge in [-0.15, -0.1) is 11.3 Å². The fourth-order valence-electron chi connectivity index (χ4n) is 3.33. The van der Waals surface area contributed by atoms with E-state index in [-0.39, 0.29) is 5.56 Å². The summed E-state index contributed by atoms with van der Waals surface area (Å²) in [6, 6.07) is 20.9. The number of benzene rings is 2. The average Bonchev–Trinajstić information content (AvgIpc) is 3.13. The van der Waals surface area contributed by atoms with E-state index in [4.69, 9.17) is 4.98 Å². The number of hydrogen-bond acceptors (Lipinski definition) is 6. The summed E-state index contributed by atoms with van der Waals surface area (Å²) < 4.78 is 24.5. The highest BCUT2D eigenvalue weighted by Gasteiger charge is 2.13.